The van der Waals surface area contributed by atoms with Crippen molar-refractivity contribution >= 4 is 97.1 Å². The van der Waals surface area contributed by atoms with Crippen molar-refractivity contribution in [3.63, 3.8) is 0 Å². The van der Waals surface area contributed by atoms with Crippen LogP contribution >= 0.6 is 34.3 Å². The Morgan fingerprint density at radius 3 is 2.12 bits per heavy atom. The van der Waals surface area contributed by atoms with Crippen LogP contribution in [0.3, 0.4) is 0 Å². The number of aliphatic imine (C=N–C) groups is 2. The largest absolute Gasteiger partial charge is 0.324 e. The van der Waals surface area contributed by atoms with Crippen LogP contribution in [0, 0.1) is 0 Å². The fourth-order valence-electron chi connectivity index (χ4n) is 6.10. The first kappa shape index (κ1) is 25.0. The summed E-state index contributed by atoms with van der Waals surface area (Å²) in [5, 5.41) is 11.6. The third-order valence-electron chi connectivity index (χ3n) is 8.20. The van der Waals surface area contributed by atoms with Gasteiger partial charge in [0, 0.05) is 62.1 Å². The molecule has 9 rings (SSSR count). The Kier molecular flexibility index (Phi) is 5.67. The molecule has 0 saturated heterocycles. The number of halogens is 1. The molecule has 0 fully saturated rings. The number of thiophene rings is 2. The minimum Gasteiger partial charge on any atom is -0.324 e. The predicted octanol–water partition coefficient (Wildman–Crippen LogP) is 10.7. The zero-order valence-electron chi connectivity index (χ0n) is 22.7. The number of hydrogen-bond acceptors (Lipinski definition) is 5. The van der Waals surface area contributed by atoms with Crippen LogP contribution in [-0.4, -0.2) is 11.7 Å². The van der Waals surface area contributed by atoms with Crippen molar-refractivity contribution in [3.8, 4) is 0 Å². The summed E-state index contributed by atoms with van der Waals surface area (Å²) in [7, 11) is 0. The number of hydrogen-bond donors (Lipinski definition) is 1. The maximum Gasteiger partial charge on any atom is 0.171 e. The molecular formula is C37H22ClN3S2. The average molecular weight is 608 g/mol. The highest BCUT2D eigenvalue weighted by Crippen LogP contribution is 2.41. The van der Waals surface area contributed by atoms with Crippen LogP contribution in [0.15, 0.2) is 131 Å². The standard InChI is InChI=1S/C37H22ClN3S2/c38-30-20-33-28(25-11-4-5-14-31(25)42-33)19-29(30)37-40-35(23-17-16-21-8-1-2-9-22(21)18-23)39-36(41-37)27-13-7-12-26-24-10-3-6-15-32(24)43-34(26)27/h1-20,37H,(H,39,40,41). The highest BCUT2D eigenvalue weighted by molar-refractivity contribution is 7.26. The van der Waals surface area contributed by atoms with Crippen LogP contribution in [0.25, 0.3) is 51.1 Å². The molecule has 0 amide bonds. The van der Waals surface area contributed by atoms with E-state index >= 15 is 0 Å². The van der Waals surface area contributed by atoms with E-state index in [9.17, 15) is 0 Å². The Hall–Kier alpha value is -4.55. The van der Waals surface area contributed by atoms with Gasteiger partial charge in [0.05, 0.1) is 0 Å². The van der Waals surface area contributed by atoms with Crippen LogP contribution in [0.4, 0.5) is 0 Å². The second-order valence-corrected chi connectivity index (χ2v) is 13.3. The Bertz CT molecular complexity index is 2470. The number of nitrogens with one attached hydrogen (secondary N) is 1. The molecule has 1 aliphatic rings. The Morgan fingerprint density at radius 2 is 1.26 bits per heavy atom. The zero-order valence-corrected chi connectivity index (χ0v) is 25.1. The molecule has 6 aromatic carbocycles. The molecule has 3 heterocycles. The van der Waals surface area contributed by atoms with E-state index in [1.54, 1.807) is 22.7 Å². The van der Waals surface area contributed by atoms with Gasteiger partial charge in [-0.2, -0.15) is 0 Å². The molecule has 0 bridgehead atoms. The molecule has 204 valence electrons. The first-order chi connectivity index (χ1) is 21.2. The monoisotopic (exact) mass is 607 g/mol. The van der Waals surface area contributed by atoms with Gasteiger partial charge >= 0.3 is 0 Å². The summed E-state index contributed by atoms with van der Waals surface area (Å²) in [6.45, 7) is 0. The number of rotatable bonds is 3. The number of nitrogens with zero attached hydrogens (tertiary/aromatic N) is 2. The van der Waals surface area contributed by atoms with Gasteiger partial charge in [-0.3, -0.25) is 0 Å². The van der Waals surface area contributed by atoms with E-state index in [0.29, 0.717) is 5.02 Å². The first-order valence-corrected chi connectivity index (χ1v) is 16.1. The van der Waals surface area contributed by atoms with Crippen LogP contribution in [0.1, 0.15) is 22.9 Å². The van der Waals surface area contributed by atoms with Gasteiger partial charge in [0.2, 0.25) is 0 Å². The van der Waals surface area contributed by atoms with E-state index < -0.39 is 6.17 Å². The first-order valence-electron chi connectivity index (χ1n) is 14.1. The van der Waals surface area contributed by atoms with E-state index in [1.165, 1.54) is 51.1 Å². The van der Waals surface area contributed by atoms with Crippen LogP contribution < -0.4 is 5.32 Å². The second kappa shape index (κ2) is 9.75. The average Bonchev–Trinajstić information content (AvgIpc) is 3.61. The Labute approximate surface area is 260 Å². The summed E-state index contributed by atoms with van der Waals surface area (Å²) < 4.78 is 4.89. The van der Waals surface area contributed by atoms with Crippen molar-refractivity contribution in [2.24, 2.45) is 9.98 Å². The van der Waals surface area contributed by atoms with Crippen molar-refractivity contribution in [1.82, 2.24) is 5.32 Å². The van der Waals surface area contributed by atoms with Crippen molar-refractivity contribution in [1.29, 1.82) is 0 Å². The van der Waals surface area contributed by atoms with E-state index in [1.807, 2.05) is 0 Å². The molecule has 43 heavy (non-hydrogen) atoms. The highest BCUT2D eigenvalue weighted by atomic mass is 35.5. The SMILES string of the molecule is Clc1cc2sc3ccccc3c2cc1C1N=C(c2ccc3ccccc3c2)NC(c2cccc3c2sc2ccccc23)=N1. The minimum atomic E-state index is -0.502. The van der Waals surface area contributed by atoms with E-state index in [4.69, 9.17) is 21.6 Å². The number of amidine groups is 2. The lowest BCUT2D eigenvalue weighted by Crippen LogP contribution is -2.36. The third-order valence-corrected chi connectivity index (χ3v) is 10.9. The highest BCUT2D eigenvalue weighted by Gasteiger charge is 2.25. The lowest BCUT2D eigenvalue weighted by molar-refractivity contribution is 0.757. The maximum atomic E-state index is 7.03. The topological polar surface area (TPSA) is 36.8 Å². The molecule has 0 aliphatic carbocycles. The number of benzene rings is 6. The smallest absolute Gasteiger partial charge is 0.171 e. The van der Waals surface area contributed by atoms with Crippen molar-refractivity contribution < 1.29 is 0 Å². The zero-order chi connectivity index (χ0) is 28.5. The van der Waals surface area contributed by atoms with Crippen LogP contribution in [-0.2, 0) is 0 Å². The summed E-state index contributed by atoms with van der Waals surface area (Å²) in [4.78, 5) is 10.5. The molecule has 2 aromatic heterocycles. The fourth-order valence-corrected chi connectivity index (χ4v) is 8.77. The van der Waals surface area contributed by atoms with Gasteiger partial charge in [-0.1, -0.05) is 96.5 Å². The molecule has 3 nitrogen and oxygen atoms in total. The van der Waals surface area contributed by atoms with Crippen molar-refractivity contribution in [2.45, 2.75) is 6.17 Å². The lowest BCUT2D eigenvalue weighted by atomic mass is 10.0. The predicted molar refractivity (Wildman–Crippen MR) is 187 cm³/mol. The molecule has 1 unspecified atom stereocenters. The lowest BCUT2D eigenvalue weighted by Gasteiger charge is -2.23. The van der Waals surface area contributed by atoms with E-state index in [0.717, 1.165) is 28.4 Å². The molecule has 0 radical (unpaired) electrons. The minimum absolute atomic E-state index is 0.502. The molecular weight excluding hydrogens is 586 g/mol. The number of fused-ring (bicyclic) bond motifs is 7. The van der Waals surface area contributed by atoms with Gasteiger partial charge < -0.3 is 5.32 Å². The van der Waals surface area contributed by atoms with Gasteiger partial charge in [-0.05, 0) is 47.2 Å². The van der Waals surface area contributed by atoms with E-state index in [-0.39, 0.29) is 0 Å². The summed E-state index contributed by atoms with van der Waals surface area (Å²) in [5.41, 5.74) is 2.98. The fraction of sp³-hybridized carbons (Fsp3) is 0.0270. The van der Waals surface area contributed by atoms with Crippen molar-refractivity contribution in [2.75, 3.05) is 0 Å². The molecule has 1 aliphatic heterocycles. The Balaban J connectivity index is 1.26. The molecule has 8 aromatic rings. The molecule has 1 atom stereocenters. The van der Waals surface area contributed by atoms with E-state index in [2.05, 4.69) is 127 Å². The molecule has 0 spiro atoms. The molecule has 6 heteroatoms. The Morgan fingerprint density at radius 1 is 0.558 bits per heavy atom. The van der Waals surface area contributed by atoms with Crippen LogP contribution in [0.2, 0.25) is 5.02 Å². The summed E-state index contributed by atoms with van der Waals surface area (Å²) in [6.07, 6.45) is -0.502. The van der Waals surface area contributed by atoms with Gasteiger partial charge in [0.1, 0.15) is 11.7 Å². The summed E-state index contributed by atoms with van der Waals surface area (Å²) >= 11 is 10.6. The normalized spacial score (nSPS) is 15.3. The maximum absolute atomic E-state index is 7.03. The quantitative estimate of drug-likeness (QED) is 0.213. The van der Waals surface area contributed by atoms with Crippen molar-refractivity contribution in [3.05, 3.63) is 143 Å². The van der Waals surface area contributed by atoms with Gasteiger partial charge in [-0.25, -0.2) is 9.98 Å². The third kappa shape index (κ3) is 4.08. The van der Waals surface area contributed by atoms with Crippen LogP contribution in [0.5, 0.6) is 0 Å². The van der Waals surface area contributed by atoms with Gasteiger partial charge in [-0.15, -0.1) is 22.7 Å². The summed E-state index contributed by atoms with van der Waals surface area (Å²) in [6, 6.07) is 42.7. The van der Waals surface area contributed by atoms with Gasteiger partial charge in [0.25, 0.3) is 0 Å². The van der Waals surface area contributed by atoms with Gasteiger partial charge in [0.15, 0.2) is 6.17 Å². The summed E-state index contributed by atoms with van der Waals surface area (Å²) in [5.74, 6) is 1.58. The molecule has 1 N–H and O–H groups in total. The second-order valence-electron chi connectivity index (χ2n) is 10.8. The molecule has 0 saturated carbocycles.